The number of aryl methyl sites for hydroxylation is 2. The van der Waals surface area contributed by atoms with Crippen molar-refractivity contribution in [3.63, 3.8) is 0 Å². The zero-order valence-electron chi connectivity index (χ0n) is 11.8. The Morgan fingerprint density at radius 1 is 1.19 bits per heavy atom. The molecule has 1 rings (SSSR count). The molecule has 114 valence electrons. The minimum atomic E-state index is -1.22. The van der Waals surface area contributed by atoms with Crippen molar-refractivity contribution in [3.8, 4) is 0 Å². The zero-order valence-corrected chi connectivity index (χ0v) is 11.8. The molecule has 1 aromatic carbocycles. The van der Waals surface area contributed by atoms with Crippen molar-refractivity contribution >= 4 is 17.8 Å². The zero-order chi connectivity index (χ0) is 15.8. The van der Waals surface area contributed by atoms with Gasteiger partial charge >= 0.3 is 11.9 Å². The van der Waals surface area contributed by atoms with E-state index in [2.05, 4.69) is 5.32 Å². The van der Waals surface area contributed by atoms with E-state index in [1.807, 2.05) is 31.2 Å². The summed E-state index contributed by atoms with van der Waals surface area (Å²) < 4.78 is 0. The summed E-state index contributed by atoms with van der Waals surface area (Å²) in [6.45, 7) is 1.95. The number of carboxylic acid groups (broad SMARTS) is 2. The summed E-state index contributed by atoms with van der Waals surface area (Å²) in [6.07, 6.45) is 0.259. The van der Waals surface area contributed by atoms with E-state index in [1.54, 1.807) is 0 Å². The number of carbonyl (C=O) groups excluding carboxylic acids is 1. The highest BCUT2D eigenvalue weighted by atomic mass is 16.4. The highest BCUT2D eigenvalue weighted by Gasteiger charge is 2.20. The molecule has 0 spiro atoms. The van der Waals surface area contributed by atoms with E-state index in [0.717, 1.165) is 11.1 Å². The van der Waals surface area contributed by atoms with Crippen molar-refractivity contribution in [2.75, 3.05) is 0 Å². The van der Waals surface area contributed by atoms with Gasteiger partial charge in [0.1, 0.15) is 6.04 Å². The molecule has 0 fully saturated rings. The summed E-state index contributed by atoms with van der Waals surface area (Å²) in [5.41, 5.74) is 2.10. The van der Waals surface area contributed by atoms with Crippen LogP contribution in [0.4, 0.5) is 0 Å². The number of hydrogen-bond acceptors (Lipinski definition) is 3. The third kappa shape index (κ3) is 6.56. The molecule has 6 nitrogen and oxygen atoms in total. The predicted octanol–water partition coefficient (Wildman–Crippen LogP) is 1.36. The van der Waals surface area contributed by atoms with E-state index in [9.17, 15) is 14.4 Å². The second kappa shape index (κ2) is 8.04. The second-order valence-corrected chi connectivity index (χ2v) is 4.88. The van der Waals surface area contributed by atoms with Crippen molar-refractivity contribution in [1.29, 1.82) is 0 Å². The quantitative estimate of drug-likeness (QED) is 0.671. The number of carboxylic acids is 2. The summed E-state index contributed by atoms with van der Waals surface area (Å²) in [7, 11) is 0. The second-order valence-electron chi connectivity index (χ2n) is 4.88. The van der Waals surface area contributed by atoms with Gasteiger partial charge in [0.15, 0.2) is 0 Å². The molecule has 0 aromatic heterocycles. The van der Waals surface area contributed by atoms with Gasteiger partial charge in [-0.25, -0.2) is 4.79 Å². The number of carbonyl (C=O) groups is 3. The van der Waals surface area contributed by atoms with Crippen LogP contribution in [-0.4, -0.2) is 34.1 Å². The van der Waals surface area contributed by atoms with Gasteiger partial charge in [-0.2, -0.15) is 0 Å². The van der Waals surface area contributed by atoms with Crippen LogP contribution in [0.25, 0.3) is 0 Å². The first kappa shape index (κ1) is 16.7. The molecule has 3 N–H and O–H groups in total. The van der Waals surface area contributed by atoms with Crippen molar-refractivity contribution in [2.24, 2.45) is 0 Å². The lowest BCUT2D eigenvalue weighted by Crippen LogP contribution is -2.41. The molecule has 0 saturated carbocycles. The smallest absolute Gasteiger partial charge is 0.326 e. The third-order valence-corrected chi connectivity index (χ3v) is 3.00. The first-order chi connectivity index (χ1) is 9.88. The van der Waals surface area contributed by atoms with Crippen LogP contribution < -0.4 is 5.32 Å². The number of amides is 1. The normalized spacial score (nSPS) is 11.7. The number of aliphatic carboxylic acids is 2. The van der Waals surface area contributed by atoms with Gasteiger partial charge in [0, 0.05) is 12.8 Å². The van der Waals surface area contributed by atoms with Crippen LogP contribution in [0.15, 0.2) is 24.3 Å². The fourth-order valence-electron chi connectivity index (χ4n) is 1.92. The Morgan fingerprint density at radius 2 is 1.90 bits per heavy atom. The molecular weight excluding hydrogens is 274 g/mol. The molecule has 1 aromatic rings. The van der Waals surface area contributed by atoms with Gasteiger partial charge in [-0.1, -0.05) is 29.8 Å². The summed E-state index contributed by atoms with van der Waals surface area (Å²) in [6, 6.07) is 6.56. The molecular formula is C15H19NO5. The molecule has 0 aliphatic carbocycles. The lowest BCUT2D eigenvalue weighted by Gasteiger charge is -2.13. The Balaban J connectivity index is 2.46. The van der Waals surface area contributed by atoms with Crippen molar-refractivity contribution < 1.29 is 24.6 Å². The summed E-state index contributed by atoms with van der Waals surface area (Å²) in [5, 5.41) is 19.9. The van der Waals surface area contributed by atoms with Crippen LogP contribution in [0.2, 0.25) is 0 Å². The number of benzene rings is 1. The monoisotopic (exact) mass is 293 g/mol. The maximum atomic E-state index is 11.7. The van der Waals surface area contributed by atoms with E-state index < -0.39 is 23.9 Å². The Bertz CT molecular complexity index is 527. The van der Waals surface area contributed by atoms with E-state index in [0.29, 0.717) is 6.42 Å². The SMILES string of the molecule is Cc1cccc(CCC(=O)NC(CCC(=O)O)C(=O)O)c1. The van der Waals surface area contributed by atoms with E-state index >= 15 is 0 Å². The number of rotatable bonds is 8. The average molecular weight is 293 g/mol. The molecule has 1 unspecified atom stereocenters. The topological polar surface area (TPSA) is 104 Å². The Morgan fingerprint density at radius 3 is 2.48 bits per heavy atom. The minimum Gasteiger partial charge on any atom is -0.481 e. The lowest BCUT2D eigenvalue weighted by molar-refractivity contribution is -0.143. The van der Waals surface area contributed by atoms with Crippen molar-refractivity contribution in [3.05, 3.63) is 35.4 Å². The van der Waals surface area contributed by atoms with Crippen LogP contribution in [0.3, 0.4) is 0 Å². The Kier molecular flexibility index (Phi) is 6.39. The standard InChI is InChI=1S/C15H19NO5/c1-10-3-2-4-11(9-10)5-7-13(17)16-12(15(20)21)6-8-14(18)19/h2-4,9,12H,5-8H2,1H3,(H,16,17)(H,18,19)(H,20,21). The molecule has 1 atom stereocenters. The van der Waals surface area contributed by atoms with Crippen molar-refractivity contribution in [1.82, 2.24) is 5.32 Å². The van der Waals surface area contributed by atoms with Gasteiger partial charge in [-0.3, -0.25) is 9.59 Å². The van der Waals surface area contributed by atoms with Gasteiger partial charge in [0.05, 0.1) is 0 Å². The molecule has 0 radical (unpaired) electrons. The highest BCUT2D eigenvalue weighted by molar-refractivity contribution is 5.84. The summed E-state index contributed by atoms with van der Waals surface area (Å²) >= 11 is 0. The molecule has 1 amide bonds. The maximum Gasteiger partial charge on any atom is 0.326 e. The Labute approximate surface area is 122 Å². The molecule has 0 saturated heterocycles. The molecule has 0 aliphatic heterocycles. The molecule has 21 heavy (non-hydrogen) atoms. The Hall–Kier alpha value is -2.37. The van der Waals surface area contributed by atoms with E-state index in [1.165, 1.54) is 0 Å². The van der Waals surface area contributed by atoms with Gasteiger partial charge in [-0.15, -0.1) is 0 Å². The van der Waals surface area contributed by atoms with Gasteiger partial charge in [-0.05, 0) is 25.3 Å². The van der Waals surface area contributed by atoms with Crippen LogP contribution in [0, 0.1) is 6.92 Å². The van der Waals surface area contributed by atoms with Gasteiger partial charge in [0.25, 0.3) is 0 Å². The average Bonchev–Trinajstić information content (AvgIpc) is 2.40. The third-order valence-electron chi connectivity index (χ3n) is 3.00. The molecule has 0 bridgehead atoms. The fourth-order valence-corrected chi connectivity index (χ4v) is 1.92. The summed E-state index contributed by atoms with van der Waals surface area (Å²) in [5.74, 6) is -2.70. The van der Waals surface area contributed by atoms with E-state index in [4.69, 9.17) is 10.2 Å². The van der Waals surface area contributed by atoms with Crippen LogP contribution in [0.1, 0.15) is 30.4 Å². The molecule has 0 aliphatic rings. The molecule has 6 heteroatoms. The van der Waals surface area contributed by atoms with Crippen LogP contribution in [0.5, 0.6) is 0 Å². The molecule has 0 heterocycles. The largest absolute Gasteiger partial charge is 0.481 e. The van der Waals surface area contributed by atoms with Gasteiger partial charge in [0.2, 0.25) is 5.91 Å². The van der Waals surface area contributed by atoms with Gasteiger partial charge < -0.3 is 15.5 Å². The highest BCUT2D eigenvalue weighted by Crippen LogP contribution is 2.07. The lowest BCUT2D eigenvalue weighted by atomic mass is 10.1. The van der Waals surface area contributed by atoms with Crippen LogP contribution >= 0.6 is 0 Å². The van der Waals surface area contributed by atoms with Crippen molar-refractivity contribution in [2.45, 2.75) is 38.6 Å². The number of hydrogen-bond donors (Lipinski definition) is 3. The van der Waals surface area contributed by atoms with E-state index in [-0.39, 0.29) is 19.3 Å². The number of nitrogens with one attached hydrogen (secondary N) is 1. The maximum absolute atomic E-state index is 11.7. The van der Waals surface area contributed by atoms with Crippen LogP contribution in [-0.2, 0) is 20.8 Å². The summed E-state index contributed by atoms with van der Waals surface area (Å²) in [4.78, 5) is 33.1. The first-order valence-electron chi connectivity index (χ1n) is 6.68. The first-order valence-corrected chi connectivity index (χ1v) is 6.68. The fraction of sp³-hybridized carbons (Fsp3) is 0.400. The minimum absolute atomic E-state index is 0.124. The predicted molar refractivity (Wildman–Crippen MR) is 75.9 cm³/mol.